The monoisotopic (exact) mass is 582 g/mol. The van der Waals surface area contributed by atoms with Crippen LogP contribution in [0.3, 0.4) is 0 Å². The van der Waals surface area contributed by atoms with Crippen LogP contribution in [-0.2, 0) is 13.2 Å². The van der Waals surface area contributed by atoms with Gasteiger partial charge in [-0.25, -0.2) is 15.0 Å². The number of hydrogen-bond donors (Lipinski definition) is 1. The van der Waals surface area contributed by atoms with Gasteiger partial charge in [0, 0.05) is 17.5 Å². The molecule has 0 bridgehead atoms. The number of halogens is 1. The third kappa shape index (κ3) is 6.76. The number of aromatic nitrogens is 4. The quantitative estimate of drug-likeness (QED) is 0.206. The Morgan fingerprint density at radius 1 is 0.667 bits per heavy atom. The van der Waals surface area contributed by atoms with Crippen molar-refractivity contribution in [2.24, 2.45) is 0 Å². The third-order valence-corrected chi connectivity index (χ3v) is 6.57. The number of hydrogen-bond acceptors (Lipinski definition) is 8. The van der Waals surface area contributed by atoms with Crippen molar-refractivity contribution in [2.75, 3.05) is 14.2 Å². The van der Waals surface area contributed by atoms with E-state index in [1.807, 2.05) is 66.7 Å². The molecule has 0 atom stereocenters. The minimum absolute atomic E-state index is 0.201. The summed E-state index contributed by atoms with van der Waals surface area (Å²) in [6.45, 7) is 0.882. The van der Waals surface area contributed by atoms with Gasteiger partial charge in [0.1, 0.15) is 24.7 Å². The molecule has 9 nitrogen and oxygen atoms in total. The Morgan fingerprint density at radius 2 is 1.19 bits per heavy atom. The van der Waals surface area contributed by atoms with Crippen molar-refractivity contribution in [3.63, 3.8) is 0 Å². The minimum atomic E-state index is -0.201. The van der Waals surface area contributed by atoms with Gasteiger partial charge in [0.05, 0.1) is 37.0 Å². The molecular weight excluding hydrogens is 556 g/mol. The van der Waals surface area contributed by atoms with Crippen molar-refractivity contribution in [1.29, 1.82) is 0 Å². The Morgan fingerprint density at radius 3 is 1.74 bits per heavy atom. The van der Waals surface area contributed by atoms with E-state index in [2.05, 4.69) is 19.9 Å². The standard InChI is InChI=1S/C16H13ClN2O2.C16H14N2O3/c1-20-14-7-12-13(18-10-19-16(12)17)8-15(14)21-9-11-5-3-2-4-6-11;1-20-14-7-12-13(17-10-18-16(12)19)8-15(14)21-9-11-5-3-2-4-6-11/h2-8,10H,9H2,1H3;2-8,10H,9H2,1H3,(H,17,18,19). The first-order chi connectivity index (χ1) is 20.6. The van der Waals surface area contributed by atoms with Crippen molar-refractivity contribution >= 4 is 33.4 Å². The van der Waals surface area contributed by atoms with Gasteiger partial charge in [0.2, 0.25) is 0 Å². The van der Waals surface area contributed by atoms with Gasteiger partial charge in [-0.2, -0.15) is 0 Å². The van der Waals surface area contributed by atoms with Gasteiger partial charge in [-0.3, -0.25) is 4.79 Å². The van der Waals surface area contributed by atoms with Gasteiger partial charge in [0.15, 0.2) is 23.0 Å². The topological polar surface area (TPSA) is 108 Å². The van der Waals surface area contributed by atoms with E-state index in [4.69, 9.17) is 30.5 Å². The van der Waals surface area contributed by atoms with Gasteiger partial charge in [-0.05, 0) is 23.3 Å². The van der Waals surface area contributed by atoms with Crippen LogP contribution in [0, 0.1) is 0 Å². The zero-order chi connectivity index (χ0) is 29.3. The number of fused-ring (bicyclic) bond motifs is 2. The normalized spacial score (nSPS) is 10.5. The fourth-order valence-electron chi connectivity index (χ4n) is 4.12. The molecule has 4 aromatic carbocycles. The summed E-state index contributed by atoms with van der Waals surface area (Å²) in [6.07, 6.45) is 2.80. The number of methoxy groups -OCH3 is 2. The zero-order valence-corrected chi connectivity index (χ0v) is 23.7. The molecule has 0 fully saturated rings. The summed E-state index contributed by atoms with van der Waals surface area (Å²) in [5.41, 5.74) is 3.23. The van der Waals surface area contributed by atoms with Gasteiger partial charge in [-0.15, -0.1) is 0 Å². The second-order valence-electron chi connectivity index (χ2n) is 8.99. The first-order valence-corrected chi connectivity index (χ1v) is 13.3. The lowest BCUT2D eigenvalue weighted by Gasteiger charge is -2.12. The van der Waals surface area contributed by atoms with Crippen LogP contribution in [0.5, 0.6) is 23.0 Å². The Labute approximate surface area is 246 Å². The smallest absolute Gasteiger partial charge is 0.258 e. The molecule has 212 valence electrons. The predicted molar refractivity (Wildman–Crippen MR) is 162 cm³/mol. The first kappa shape index (κ1) is 28.4. The lowest BCUT2D eigenvalue weighted by molar-refractivity contribution is 0.285. The maximum Gasteiger partial charge on any atom is 0.258 e. The lowest BCUT2D eigenvalue weighted by atomic mass is 10.2. The van der Waals surface area contributed by atoms with E-state index < -0.39 is 0 Å². The number of nitrogens with one attached hydrogen (secondary N) is 1. The second-order valence-corrected chi connectivity index (χ2v) is 9.34. The van der Waals surface area contributed by atoms with E-state index in [0.29, 0.717) is 52.3 Å². The average Bonchev–Trinajstić information content (AvgIpc) is 3.03. The number of rotatable bonds is 8. The molecule has 0 saturated heterocycles. The van der Waals surface area contributed by atoms with Gasteiger partial charge in [0.25, 0.3) is 5.56 Å². The SMILES string of the molecule is COc1cc2c(=O)[nH]cnc2cc1OCc1ccccc1.COc1cc2c(Cl)ncnc2cc1OCc1ccccc1. The summed E-state index contributed by atoms with van der Waals surface area (Å²) in [4.78, 5) is 26.6. The molecule has 0 unspecified atom stereocenters. The molecule has 0 aliphatic carbocycles. The molecule has 2 heterocycles. The van der Waals surface area contributed by atoms with Crippen LogP contribution in [0.15, 0.2) is 102 Å². The highest BCUT2D eigenvalue weighted by molar-refractivity contribution is 6.34. The zero-order valence-electron chi connectivity index (χ0n) is 22.9. The van der Waals surface area contributed by atoms with Crippen LogP contribution >= 0.6 is 11.6 Å². The van der Waals surface area contributed by atoms with Crippen LogP contribution in [0.25, 0.3) is 21.8 Å². The highest BCUT2D eigenvalue weighted by Crippen LogP contribution is 2.34. The summed E-state index contributed by atoms with van der Waals surface area (Å²) in [7, 11) is 3.13. The Kier molecular flexibility index (Phi) is 9.10. The Balaban J connectivity index is 0.000000168. The number of H-pyrrole nitrogens is 1. The number of aromatic amines is 1. The molecular formula is C32H27ClN4O5. The highest BCUT2D eigenvalue weighted by atomic mass is 35.5. The van der Waals surface area contributed by atoms with Crippen LogP contribution in [0.1, 0.15) is 11.1 Å². The summed E-state index contributed by atoms with van der Waals surface area (Å²) < 4.78 is 22.3. The highest BCUT2D eigenvalue weighted by Gasteiger charge is 2.12. The van der Waals surface area contributed by atoms with Gasteiger partial charge >= 0.3 is 0 Å². The molecule has 0 saturated carbocycles. The van der Waals surface area contributed by atoms with Crippen molar-refractivity contribution in [3.05, 3.63) is 124 Å². The molecule has 0 radical (unpaired) electrons. The first-order valence-electron chi connectivity index (χ1n) is 12.9. The van der Waals surface area contributed by atoms with E-state index in [0.717, 1.165) is 22.0 Å². The summed E-state index contributed by atoms with van der Waals surface area (Å²) >= 11 is 6.06. The van der Waals surface area contributed by atoms with E-state index in [-0.39, 0.29) is 5.56 Å². The maximum atomic E-state index is 11.7. The van der Waals surface area contributed by atoms with Crippen molar-refractivity contribution in [1.82, 2.24) is 19.9 Å². The summed E-state index contributed by atoms with van der Waals surface area (Å²) in [5, 5.41) is 1.61. The third-order valence-electron chi connectivity index (χ3n) is 6.27. The van der Waals surface area contributed by atoms with Gasteiger partial charge < -0.3 is 23.9 Å². The number of ether oxygens (including phenoxy) is 4. The Hall–Kier alpha value is -5.15. The van der Waals surface area contributed by atoms with Crippen LogP contribution in [0.4, 0.5) is 0 Å². The van der Waals surface area contributed by atoms with Crippen molar-refractivity contribution < 1.29 is 18.9 Å². The van der Waals surface area contributed by atoms with E-state index >= 15 is 0 Å². The maximum absolute atomic E-state index is 11.7. The molecule has 0 aliphatic rings. The van der Waals surface area contributed by atoms with Crippen LogP contribution in [-0.4, -0.2) is 34.2 Å². The predicted octanol–water partition coefficient (Wildman–Crippen LogP) is 6.38. The molecule has 6 aromatic rings. The fourth-order valence-corrected chi connectivity index (χ4v) is 4.32. The summed E-state index contributed by atoms with van der Waals surface area (Å²) in [5.74, 6) is 2.31. The molecule has 2 aromatic heterocycles. The largest absolute Gasteiger partial charge is 0.493 e. The van der Waals surface area contributed by atoms with Crippen LogP contribution in [0.2, 0.25) is 5.15 Å². The van der Waals surface area contributed by atoms with E-state index in [1.54, 1.807) is 32.4 Å². The molecule has 42 heavy (non-hydrogen) atoms. The minimum Gasteiger partial charge on any atom is -0.493 e. The molecule has 0 aliphatic heterocycles. The fraction of sp³-hybridized carbons (Fsp3) is 0.125. The summed E-state index contributed by atoms with van der Waals surface area (Å²) in [6, 6.07) is 26.7. The number of benzene rings is 4. The van der Waals surface area contributed by atoms with Crippen molar-refractivity contribution in [3.8, 4) is 23.0 Å². The van der Waals surface area contributed by atoms with Crippen molar-refractivity contribution in [2.45, 2.75) is 13.2 Å². The van der Waals surface area contributed by atoms with E-state index in [9.17, 15) is 4.79 Å². The molecule has 10 heteroatoms. The molecule has 6 rings (SSSR count). The lowest BCUT2D eigenvalue weighted by Crippen LogP contribution is -2.07. The Bertz CT molecular complexity index is 1850. The molecule has 0 amide bonds. The number of nitrogens with zero attached hydrogens (tertiary/aromatic N) is 3. The van der Waals surface area contributed by atoms with Gasteiger partial charge in [-0.1, -0.05) is 72.3 Å². The van der Waals surface area contributed by atoms with E-state index in [1.165, 1.54) is 12.7 Å². The average molecular weight is 583 g/mol. The molecule has 0 spiro atoms. The molecule has 1 N–H and O–H groups in total. The van der Waals surface area contributed by atoms with Crippen LogP contribution < -0.4 is 24.5 Å². The second kappa shape index (κ2) is 13.5.